The molecule has 0 aliphatic carbocycles. The summed E-state index contributed by atoms with van der Waals surface area (Å²) in [7, 11) is 0. The molecule has 0 aromatic heterocycles. The molecule has 2 rings (SSSR count). The van der Waals surface area contributed by atoms with Gasteiger partial charge in [0.15, 0.2) is 5.11 Å². The van der Waals surface area contributed by atoms with E-state index in [9.17, 15) is 9.90 Å². The van der Waals surface area contributed by atoms with Gasteiger partial charge in [0.25, 0.3) is 5.91 Å². The lowest BCUT2D eigenvalue weighted by Crippen LogP contribution is -2.34. The van der Waals surface area contributed by atoms with Crippen LogP contribution in [0.15, 0.2) is 40.9 Å². The molecule has 2 aromatic carbocycles. The van der Waals surface area contributed by atoms with Crippen LogP contribution in [0.4, 0.5) is 5.69 Å². The van der Waals surface area contributed by atoms with Crippen LogP contribution in [0, 0.1) is 6.92 Å². The Morgan fingerprint density at radius 2 is 1.91 bits per heavy atom. The monoisotopic (exact) mass is 398 g/mol. The lowest BCUT2D eigenvalue weighted by molar-refractivity contribution is 0.0978. The zero-order chi connectivity index (χ0) is 16.3. The molecule has 2 aromatic rings. The molecule has 0 heterocycles. The Bertz CT molecular complexity index is 712. The number of carbonyl (C=O) groups is 1. The highest BCUT2D eigenvalue weighted by molar-refractivity contribution is 9.10. The molecule has 0 spiro atoms. The summed E-state index contributed by atoms with van der Waals surface area (Å²) in [5.41, 5.74) is 1.80. The summed E-state index contributed by atoms with van der Waals surface area (Å²) in [6.45, 7) is 1.76. The second-order valence-corrected chi connectivity index (χ2v) is 6.24. The zero-order valence-corrected chi connectivity index (χ0v) is 14.6. The number of aryl methyl sites for hydroxylation is 1. The number of phenols is 1. The van der Waals surface area contributed by atoms with Crippen molar-refractivity contribution >= 4 is 56.5 Å². The minimum Gasteiger partial charge on any atom is -0.506 e. The van der Waals surface area contributed by atoms with Crippen LogP contribution in [0.3, 0.4) is 0 Å². The van der Waals surface area contributed by atoms with Crippen LogP contribution in [-0.2, 0) is 0 Å². The molecule has 22 heavy (non-hydrogen) atoms. The lowest BCUT2D eigenvalue weighted by Gasteiger charge is -2.11. The van der Waals surface area contributed by atoms with Crippen LogP contribution in [0.5, 0.6) is 5.75 Å². The van der Waals surface area contributed by atoms with Gasteiger partial charge >= 0.3 is 0 Å². The van der Waals surface area contributed by atoms with E-state index in [0.29, 0.717) is 26.3 Å². The summed E-state index contributed by atoms with van der Waals surface area (Å²) in [6.07, 6.45) is 0. The topological polar surface area (TPSA) is 61.4 Å². The van der Waals surface area contributed by atoms with Crippen LogP contribution in [-0.4, -0.2) is 16.1 Å². The fraction of sp³-hybridized carbons (Fsp3) is 0.0667. The van der Waals surface area contributed by atoms with Crippen LogP contribution in [0.1, 0.15) is 15.9 Å². The number of amides is 1. The van der Waals surface area contributed by atoms with E-state index in [4.69, 9.17) is 23.8 Å². The van der Waals surface area contributed by atoms with Gasteiger partial charge in [-0.1, -0.05) is 11.6 Å². The molecule has 7 heteroatoms. The van der Waals surface area contributed by atoms with Crippen molar-refractivity contribution in [2.24, 2.45) is 0 Å². The summed E-state index contributed by atoms with van der Waals surface area (Å²) >= 11 is 14.1. The Kier molecular flexibility index (Phi) is 5.39. The number of halogens is 2. The number of thiocarbonyl (C=S) groups is 1. The largest absolute Gasteiger partial charge is 0.506 e. The van der Waals surface area contributed by atoms with Gasteiger partial charge in [-0.2, -0.15) is 0 Å². The molecule has 0 fully saturated rings. The molecule has 0 unspecified atom stereocenters. The van der Waals surface area contributed by atoms with Crippen molar-refractivity contribution in [1.29, 1.82) is 0 Å². The maximum absolute atomic E-state index is 12.0. The van der Waals surface area contributed by atoms with Crippen molar-refractivity contribution in [1.82, 2.24) is 5.32 Å². The third-order valence-corrected chi connectivity index (χ3v) is 3.91. The highest BCUT2D eigenvalue weighted by atomic mass is 79.9. The SMILES string of the molecule is Cc1cc(NC(=S)NC(=O)c2ccc(Cl)cc2)cc(Br)c1O. The van der Waals surface area contributed by atoms with Gasteiger partial charge < -0.3 is 10.4 Å². The van der Waals surface area contributed by atoms with Crippen LogP contribution in [0.25, 0.3) is 0 Å². The average molecular weight is 400 g/mol. The molecule has 0 atom stereocenters. The molecule has 0 radical (unpaired) electrons. The van der Waals surface area contributed by atoms with E-state index in [2.05, 4.69) is 26.6 Å². The second-order valence-electron chi connectivity index (χ2n) is 4.54. The molecule has 1 amide bonds. The van der Waals surface area contributed by atoms with Gasteiger partial charge in [-0.3, -0.25) is 10.1 Å². The Morgan fingerprint density at radius 1 is 1.27 bits per heavy atom. The Labute approximate surface area is 146 Å². The van der Waals surface area contributed by atoms with E-state index >= 15 is 0 Å². The van der Waals surface area contributed by atoms with Gasteiger partial charge in [0.2, 0.25) is 0 Å². The summed E-state index contributed by atoms with van der Waals surface area (Å²) in [6, 6.07) is 9.88. The highest BCUT2D eigenvalue weighted by Crippen LogP contribution is 2.30. The first kappa shape index (κ1) is 16.7. The summed E-state index contributed by atoms with van der Waals surface area (Å²) in [5, 5.41) is 15.9. The third kappa shape index (κ3) is 4.19. The molecule has 3 N–H and O–H groups in total. The Balaban J connectivity index is 2.04. The van der Waals surface area contributed by atoms with Crippen molar-refractivity contribution in [2.45, 2.75) is 6.92 Å². The summed E-state index contributed by atoms with van der Waals surface area (Å²) in [4.78, 5) is 12.0. The van der Waals surface area contributed by atoms with Gasteiger partial charge in [-0.25, -0.2) is 0 Å². The van der Waals surface area contributed by atoms with Crippen molar-refractivity contribution in [3.63, 3.8) is 0 Å². The highest BCUT2D eigenvalue weighted by Gasteiger charge is 2.09. The molecule has 0 saturated carbocycles. The minimum absolute atomic E-state index is 0.164. The Morgan fingerprint density at radius 3 is 2.50 bits per heavy atom. The molecular weight excluding hydrogens is 388 g/mol. The maximum atomic E-state index is 12.0. The smallest absolute Gasteiger partial charge is 0.257 e. The van der Waals surface area contributed by atoms with Crippen molar-refractivity contribution in [3.05, 3.63) is 57.0 Å². The van der Waals surface area contributed by atoms with E-state index in [1.54, 1.807) is 43.3 Å². The molecule has 0 aliphatic heterocycles. The van der Waals surface area contributed by atoms with Crippen LogP contribution >= 0.6 is 39.7 Å². The Hall–Kier alpha value is -1.63. The fourth-order valence-corrected chi connectivity index (χ4v) is 2.64. The zero-order valence-electron chi connectivity index (χ0n) is 11.5. The molecule has 0 saturated heterocycles. The van der Waals surface area contributed by atoms with Gasteiger partial charge in [0.05, 0.1) is 4.47 Å². The van der Waals surface area contributed by atoms with Crippen LogP contribution < -0.4 is 10.6 Å². The number of phenolic OH excluding ortho intramolecular Hbond substituents is 1. The average Bonchev–Trinajstić information content (AvgIpc) is 2.45. The summed E-state index contributed by atoms with van der Waals surface area (Å²) in [5.74, 6) is -0.162. The van der Waals surface area contributed by atoms with Crippen molar-refractivity contribution in [2.75, 3.05) is 5.32 Å². The number of benzene rings is 2. The number of carbonyl (C=O) groups excluding carboxylic acids is 1. The molecule has 0 bridgehead atoms. The number of hydrogen-bond acceptors (Lipinski definition) is 3. The number of aromatic hydroxyl groups is 1. The predicted octanol–water partition coefficient (Wildman–Crippen LogP) is 4.24. The first-order valence-corrected chi connectivity index (χ1v) is 7.82. The van der Waals surface area contributed by atoms with Crippen molar-refractivity contribution < 1.29 is 9.90 Å². The first-order valence-electron chi connectivity index (χ1n) is 6.24. The first-order chi connectivity index (χ1) is 10.4. The van der Waals surface area contributed by atoms with Crippen molar-refractivity contribution in [3.8, 4) is 5.75 Å². The predicted molar refractivity (Wildman–Crippen MR) is 95.7 cm³/mol. The van der Waals surface area contributed by atoms with Gasteiger partial charge in [0, 0.05) is 16.3 Å². The van der Waals surface area contributed by atoms with E-state index in [1.807, 2.05) is 0 Å². The number of hydrogen-bond donors (Lipinski definition) is 3. The van der Waals surface area contributed by atoms with Gasteiger partial charge in [-0.15, -0.1) is 0 Å². The normalized spacial score (nSPS) is 10.1. The lowest BCUT2D eigenvalue weighted by atomic mass is 10.2. The number of nitrogens with one attached hydrogen (secondary N) is 2. The van der Waals surface area contributed by atoms with E-state index in [-0.39, 0.29) is 16.8 Å². The molecule has 0 aliphatic rings. The standard InChI is InChI=1S/C15H12BrClN2O2S/c1-8-6-11(7-12(16)13(8)20)18-15(22)19-14(21)9-2-4-10(17)5-3-9/h2-7,20H,1H3,(H2,18,19,21,22). The fourth-order valence-electron chi connectivity index (χ4n) is 1.75. The van der Waals surface area contributed by atoms with E-state index < -0.39 is 0 Å². The molecular formula is C15H12BrClN2O2S. The quantitative estimate of drug-likeness (QED) is 0.522. The van der Waals surface area contributed by atoms with E-state index in [1.165, 1.54) is 0 Å². The second kappa shape index (κ2) is 7.09. The minimum atomic E-state index is -0.330. The van der Waals surface area contributed by atoms with Gasteiger partial charge in [-0.05, 0) is 77.0 Å². The van der Waals surface area contributed by atoms with Crippen LogP contribution in [0.2, 0.25) is 5.02 Å². The summed E-state index contributed by atoms with van der Waals surface area (Å²) < 4.78 is 0.543. The maximum Gasteiger partial charge on any atom is 0.257 e. The van der Waals surface area contributed by atoms with E-state index in [0.717, 1.165) is 0 Å². The third-order valence-electron chi connectivity index (χ3n) is 2.85. The number of rotatable bonds is 2. The molecule has 114 valence electrons. The number of anilines is 1. The molecule has 4 nitrogen and oxygen atoms in total. The van der Waals surface area contributed by atoms with Gasteiger partial charge in [0.1, 0.15) is 5.75 Å².